The number of rotatable bonds is 7. The summed E-state index contributed by atoms with van der Waals surface area (Å²) in [4.78, 5) is 18.0. The third-order valence-electron chi connectivity index (χ3n) is 7.18. The molecule has 2 aromatic carbocycles. The van der Waals surface area contributed by atoms with Gasteiger partial charge in [-0.2, -0.15) is 0 Å². The summed E-state index contributed by atoms with van der Waals surface area (Å²) in [5, 5.41) is 10.1. The van der Waals surface area contributed by atoms with Crippen LogP contribution >= 0.6 is 0 Å². The van der Waals surface area contributed by atoms with Crippen LogP contribution < -0.4 is 9.46 Å². The predicted octanol–water partition coefficient (Wildman–Crippen LogP) is 4.15. The van der Waals surface area contributed by atoms with Crippen LogP contribution in [0.3, 0.4) is 0 Å². The summed E-state index contributed by atoms with van der Waals surface area (Å²) in [5.74, 6) is 0.0270. The molecule has 3 rings (SSSR count). The van der Waals surface area contributed by atoms with Gasteiger partial charge in [-0.15, -0.1) is 0 Å². The van der Waals surface area contributed by atoms with Crippen molar-refractivity contribution in [3.8, 4) is 5.75 Å². The van der Waals surface area contributed by atoms with E-state index in [4.69, 9.17) is 9.47 Å². The Morgan fingerprint density at radius 1 is 1.12 bits per heavy atom. The zero-order valence-corrected chi connectivity index (χ0v) is 25.4. The molecule has 1 heterocycles. The number of carbonyl (C=O) groups excluding carboxylic acids is 1. The van der Waals surface area contributed by atoms with Crippen molar-refractivity contribution in [2.75, 3.05) is 45.1 Å². The summed E-state index contributed by atoms with van der Waals surface area (Å²) in [7, 11) is 0.118. The minimum Gasteiger partial charge on any atom is -0.490 e. The van der Waals surface area contributed by atoms with Crippen molar-refractivity contribution < 1.29 is 27.8 Å². The number of likely N-dealkylation sites (N-methyl/N-ethyl adjacent to an activating group) is 1. The van der Waals surface area contributed by atoms with E-state index in [9.17, 15) is 18.3 Å². The zero-order valence-electron chi connectivity index (χ0n) is 24.6. The fourth-order valence-corrected chi connectivity index (χ4v) is 5.79. The van der Waals surface area contributed by atoms with Gasteiger partial charge in [-0.25, -0.2) is 8.42 Å². The summed E-state index contributed by atoms with van der Waals surface area (Å²) in [5.41, 5.74) is 1.45. The van der Waals surface area contributed by atoms with Gasteiger partial charge in [0.1, 0.15) is 5.75 Å². The second-order valence-electron chi connectivity index (χ2n) is 11.2. The number of fused-ring (bicyclic) bond motifs is 1. The van der Waals surface area contributed by atoms with Crippen molar-refractivity contribution in [3.63, 3.8) is 0 Å². The summed E-state index contributed by atoms with van der Waals surface area (Å²) in [6, 6.07) is 10.9. The topological polar surface area (TPSA) is 108 Å². The van der Waals surface area contributed by atoms with E-state index in [2.05, 4.69) is 16.5 Å². The molecule has 0 bridgehead atoms. The van der Waals surface area contributed by atoms with Crippen molar-refractivity contribution in [3.05, 3.63) is 53.6 Å². The molecule has 2 N–H and O–H groups in total. The Kier molecular flexibility index (Phi) is 11.4. The highest BCUT2D eigenvalue weighted by atomic mass is 32.2. The van der Waals surface area contributed by atoms with Crippen LogP contribution in [0.25, 0.3) is 0 Å². The van der Waals surface area contributed by atoms with Gasteiger partial charge in [0.25, 0.3) is 15.9 Å². The lowest BCUT2D eigenvalue weighted by Crippen LogP contribution is -2.47. The fourth-order valence-electron chi connectivity index (χ4n) is 4.74. The highest BCUT2D eigenvalue weighted by Crippen LogP contribution is 2.29. The molecule has 1 aliphatic rings. The standard InChI is InChI=1S/C30H45N3O6S/c1-21-10-13-26(14-11-21)40(36,37)31-25-12-15-28-27(17-25)30(35)33(23(3)20-34)18-22(2)29(19-32(5)6)38-16-8-7-9-24(4)39-28/h10-15,17,22-24,29,31,34H,7-9,16,18-20H2,1-6H3/t22-,23+,24-,29-/m1/s1. The maximum Gasteiger partial charge on any atom is 0.261 e. The Balaban J connectivity index is 2.02. The fraction of sp³-hybridized carbons (Fsp3) is 0.567. The molecular weight excluding hydrogens is 530 g/mol. The third-order valence-corrected chi connectivity index (χ3v) is 8.58. The molecule has 0 spiro atoms. The second kappa shape index (κ2) is 14.3. The van der Waals surface area contributed by atoms with Gasteiger partial charge in [0.15, 0.2) is 0 Å². The lowest BCUT2D eigenvalue weighted by Gasteiger charge is -2.35. The van der Waals surface area contributed by atoms with E-state index in [1.165, 1.54) is 6.07 Å². The Morgan fingerprint density at radius 2 is 1.82 bits per heavy atom. The van der Waals surface area contributed by atoms with E-state index >= 15 is 0 Å². The number of hydrogen-bond donors (Lipinski definition) is 2. The van der Waals surface area contributed by atoms with E-state index in [-0.39, 0.29) is 46.8 Å². The van der Waals surface area contributed by atoms with Gasteiger partial charge < -0.3 is 24.4 Å². The lowest BCUT2D eigenvalue weighted by molar-refractivity contribution is -0.0137. The van der Waals surface area contributed by atoms with E-state index in [0.29, 0.717) is 25.4 Å². The molecule has 0 fully saturated rings. The van der Waals surface area contributed by atoms with Crippen molar-refractivity contribution >= 4 is 21.6 Å². The van der Waals surface area contributed by atoms with E-state index in [0.717, 1.165) is 24.8 Å². The van der Waals surface area contributed by atoms with Gasteiger partial charge in [-0.1, -0.05) is 24.6 Å². The Hall–Kier alpha value is -2.66. The van der Waals surface area contributed by atoms with Gasteiger partial charge in [0.2, 0.25) is 0 Å². The summed E-state index contributed by atoms with van der Waals surface area (Å²) >= 11 is 0. The van der Waals surface area contributed by atoms with Crippen molar-refractivity contribution in [1.82, 2.24) is 9.80 Å². The van der Waals surface area contributed by atoms with Crippen LogP contribution in [0.5, 0.6) is 5.75 Å². The smallest absolute Gasteiger partial charge is 0.261 e. The molecule has 40 heavy (non-hydrogen) atoms. The highest BCUT2D eigenvalue weighted by Gasteiger charge is 2.30. The summed E-state index contributed by atoms with van der Waals surface area (Å²) < 4.78 is 41.3. The first-order valence-electron chi connectivity index (χ1n) is 14.0. The van der Waals surface area contributed by atoms with E-state index in [1.54, 1.807) is 48.2 Å². The number of carbonyl (C=O) groups is 1. The van der Waals surface area contributed by atoms with Crippen LogP contribution in [0.1, 0.15) is 56.0 Å². The number of anilines is 1. The molecule has 4 atom stereocenters. The number of nitrogens with zero attached hydrogens (tertiary/aromatic N) is 2. The molecule has 0 aliphatic carbocycles. The number of sulfonamides is 1. The molecule has 222 valence electrons. The van der Waals surface area contributed by atoms with Crippen LogP contribution in [0.2, 0.25) is 0 Å². The molecule has 0 saturated heterocycles. The number of aliphatic hydroxyl groups excluding tert-OH is 1. The monoisotopic (exact) mass is 575 g/mol. The van der Waals surface area contributed by atoms with Crippen LogP contribution in [-0.2, 0) is 14.8 Å². The average Bonchev–Trinajstić information content (AvgIpc) is 2.90. The van der Waals surface area contributed by atoms with Gasteiger partial charge in [0, 0.05) is 31.3 Å². The second-order valence-corrected chi connectivity index (χ2v) is 12.9. The molecule has 1 amide bonds. The largest absolute Gasteiger partial charge is 0.490 e. The Morgan fingerprint density at radius 3 is 2.48 bits per heavy atom. The molecular formula is C30H45N3O6S. The molecule has 9 nitrogen and oxygen atoms in total. The first kappa shape index (κ1) is 31.9. The number of nitrogens with one attached hydrogen (secondary N) is 1. The first-order valence-corrected chi connectivity index (χ1v) is 15.5. The Labute approximate surface area is 239 Å². The molecule has 1 aliphatic heterocycles. The Bertz CT molecular complexity index is 1220. The van der Waals surface area contributed by atoms with E-state index in [1.807, 2.05) is 27.9 Å². The molecule has 0 unspecified atom stereocenters. The van der Waals surface area contributed by atoms with Crippen molar-refractivity contribution in [2.24, 2.45) is 5.92 Å². The van der Waals surface area contributed by atoms with Gasteiger partial charge in [-0.3, -0.25) is 9.52 Å². The minimum atomic E-state index is -3.87. The summed E-state index contributed by atoms with van der Waals surface area (Å²) in [6.07, 6.45) is 2.33. The van der Waals surface area contributed by atoms with Crippen LogP contribution in [-0.4, -0.2) is 87.9 Å². The van der Waals surface area contributed by atoms with Gasteiger partial charge in [-0.05, 0) is 84.5 Å². The number of aliphatic hydroxyl groups is 1. The number of aryl methyl sites for hydroxylation is 1. The molecule has 0 radical (unpaired) electrons. The number of ether oxygens (including phenoxy) is 2. The molecule has 10 heteroatoms. The number of hydrogen-bond acceptors (Lipinski definition) is 7. The van der Waals surface area contributed by atoms with Crippen LogP contribution in [0.15, 0.2) is 47.4 Å². The van der Waals surface area contributed by atoms with Crippen LogP contribution in [0, 0.1) is 12.8 Å². The minimum absolute atomic E-state index is 0.0187. The van der Waals surface area contributed by atoms with Gasteiger partial charge >= 0.3 is 0 Å². The highest BCUT2D eigenvalue weighted by molar-refractivity contribution is 7.92. The van der Waals surface area contributed by atoms with Crippen molar-refractivity contribution in [2.45, 2.75) is 70.1 Å². The quantitative estimate of drug-likeness (QED) is 0.511. The average molecular weight is 576 g/mol. The maximum absolute atomic E-state index is 14.1. The molecule has 0 saturated carbocycles. The number of amides is 1. The van der Waals surface area contributed by atoms with Gasteiger partial charge in [0.05, 0.1) is 35.3 Å². The lowest BCUT2D eigenvalue weighted by atomic mass is 10.0. The normalized spacial score (nSPS) is 22.2. The SMILES string of the molecule is Cc1ccc(S(=O)(=O)Nc2ccc3c(c2)C(=O)N([C@@H](C)CO)C[C@@H](C)[C@@H](CN(C)C)OCCCC[C@@H](C)O3)cc1. The zero-order chi connectivity index (χ0) is 29.4. The molecule has 0 aromatic heterocycles. The van der Waals surface area contributed by atoms with E-state index < -0.39 is 16.1 Å². The predicted molar refractivity (Wildman–Crippen MR) is 157 cm³/mol. The van der Waals surface area contributed by atoms with Crippen LogP contribution in [0.4, 0.5) is 5.69 Å². The summed E-state index contributed by atoms with van der Waals surface area (Å²) in [6.45, 7) is 9.16. The third kappa shape index (κ3) is 8.67. The first-order chi connectivity index (χ1) is 18.9. The molecule has 2 aromatic rings. The maximum atomic E-state index is 14.1. The van der Waals surface area contributed by atoms with Crippen molar-refractivity contribution in [1.29, 1.82) is 0 Å². The number of benzene rings is 2.